The van der Waals surface area contributed by atoms with Gasteiger partial charge in [-0.1, -0.05) is 0 Å². The van der Waals surface area contributed by atoms with Crippen LogP contribution in [0.2, 0.25) is 0 Å². The van der Waals surface area contributed by atoms with Gasteiger partial charge >= 0.3 is 0 Å². The van der Waals surface area contributed by atoms with Crippen LogP contribution in [0, 0.1) is 11.6 Å². The molecule has 1 saturated heterocycles. The number of anilines is 1. The molecule has 1 amide bonds. The van der Waals surface area contributed by atoms with E-state index in [-0.39, 0.29) is 30.3 Å². The first-order valence-electron chi connectivity index (χ1n) is 6.56. The summed E-state index contributed by atoms with van der Waals surface area (Å²) >= 11 is 0. The van der Waals surface area contributed by atoms with Gasteiger partial charge in [0.25, 0.3) is 0 Å². The fourth-order valence-electron chi connectivity index (χ4n) is 2.40. The number of rotatable bonds is 3. The van der Waals surface area contributed by atoms with Gasteiger partial charge in [0.2, 0.25) is 5.91 Å². The molecule has 1 aliphatic heterocycles. The molecule has 20 heavy (non-hydrogen) atoms. The van der Waals surface area contributed by atoms with Crippen LogP contribution < -0.4 is 5.32 Å². The first-order valence-corrected chi connectivity index (χ1v) is 6.56. The molecule has 110 valence electrons. The summed E-state index contributed by atoms with van der Waals surface area (Å²) in [5.74, 6) is -1.60. The third-order valence-corrected chi connectivity index (χ3v) is 3.06. The molecule has 1 aliphatic rings. The second-order valence-corrected chi connectivity index (χ2v) is 5.12. The molecular formula is C14H18F2N2O2. The van der Waals surface area contributed by atoms with Gasteiger partial charge < -0.3 is 10.1 Å². The second kappa shape index (κ2) is 6.28. The molecule has 6 heteroatoms. The van der Waals surface area contributed by atoms with Crippen LogP contribution in [0.5, 0.6) is 0 Å². The molecule has 2 rings (SSSR count). The average molecular weight is 284 g/mol. The monoisotopic (exact) mass is 284 g/mol. The number of hydrogen-bond acceptors (Lipinski definition) is 3. The molecule has 0 spiro atoms. The lowest BCUT2D eigenvalue weighted by atomic mass is 10.2. The first kappa shape index (κ1) is 14.9. The highest BCUT2D eigenvalue weighted by Gasteiger charge is 2.23. The Morgan fingerprint density at radius 2 is 2.00 bits per heavy atom. The van der Waals surface area contributed by atoms with Crippen LogP contribution in [0.15, 0.2) is 18.2 Å². The Labute approximate surface area is 116 Å². The minimum absolute atomic E-state index is 0.0532. The van der Waals surface area contributed by atoms with Crippen molar-refractivity contribution >= 4 is 11.6 Å². The third kappa shape index (κ3) is 3.98. The number of morpholine rings is 1. The fraction of sp³-hybridized carbons (Fsp3) is 0.500. The van der Waals surface area contributed by atoms with Crippen LogP contribution in [0.1, 0.15) is 13.8 Å². The number of nitrogens with one attached hydrogen (secondary N) is 1. The predicted molar refractivity (Wildman–Crippen MR) is 71.4 cm³/mol. The summed E-state index contributed by atoms with van der Waals surface area (Å²) in [6.07, 6.45) is 0.106. The fourth-order valence-corrected chi connectivity index (χ4v) is 2.40. The molecule has 1 fully saturated rings. The van der Waals surface area contributed by atoms with Crippen molar-refractivity contribution in [3.8, 4) is 0 Å². The van der Waals surface area contributed by atoms with Crippen molar-refractivity contribution in [3.05, 3.63) is 29.8 Å². The maximum Gasteiger partial charge on any atom is 0.238 e. The SMILES string of the molecule is C[C@H]1CN(CC(=O)Nc2cc(F)ccc2F)C[C@H](C)O1. The zero-order valence-corrected chi connectivity index (χ0v) is 11.5. The third-order valence-electron chi connectivity index (χ3n) is 3.06. The van der Waals surface area contributed by atoms with Crippen molar-refractivity contribution in [1.82, 2.24) is 4.90 Å². The van der Waals surface area contributed by atoms with Crippen molar-refractivity contribution < 1.29 is 18.3 Å². The summed E-state index contributed by atoms with van der Waals surface area (Å²) in [5.41, 5.74) is -0.135. The van der Waals surface area contributed by atoms with E-state index in [9.17, 15) is 13.6 Å². The van der Waals surface area contributed by atoms with E-state index >= 15 is 0 Å². The maximum atomic E-state index is 13.4. The molecule has 1 N–H and O–H groups in total. The number of halogens is 2. The van der Waals surface area contributed by atoms with Crippen molar-refractivity contribution in [3.63, 3.8) is 0 Å². The smallest absolute Gasteiger partial charge is 0.238 e. The van der Waals surface area contributed by atoms with E-state index in [4.69, 9.17) is 4.74 Å². The van der Waals surface area contributed by atoms with Gasteiger partial charge in [0.15, 0.2) is 0 Å². The molecule has 4 nitrogen and oxygen atoms in total. The molecule has 0 saturated carbocycles. The van der Waals surface area contributed by atoms with E-state index < -0.39 is 11.6 Å². The normalized spacial score (nSPS) is 23.6. The van der Waals surface area contributed by atoms with Gasteiger partial charge in [-0.3, -0.25) is 9.69 Å². The lowest BCUT2D eigenvalue weighted by molar-refractivity contribution is -0.121. The van der Waals surface area contributed by atoms with Gasteiger partial charge in [0, 0.05) is 19.2 Å². The highest BCUT2D eigenvalue weighted by Crippen LogP contribution is 2.16. The zero-order chi connectivity index (χ0) is 14.7. The van der Waals surface area contributed by atoms with Gasteiger partial charge in [-0.15, -0.1) is 0 Å². The summed E-state index contributed by atoms with van der Waals surface area (Å²) in [4.78, 5) is 13.8. The quantitative estimate of drug-likeness (QED) is 0.923. The van der Waals surface area contributed by atoms with Crippen molar-refractivity contribution in [2.45, 2.75) is 26.1 Å². The molecule has 0 unspecified atom stereocenters. The zero-order valence-electron chi connectivity index (χ0n) is 11.5. The topological polar surface area (TPSA) is 41.6 Å². The molecule has 0 bridgehead atoms. The lowest BCUT2D eigenvalue weighted by Crippen LogP contribution is -2.48. The number of nitrogens with zero attached hydrogens (tertiary/aromatic N) is 1. The summed E-state index contributed by atoms with van der Waals surface area (Å²) in [7, 11) is 0. The molecule has 0 aliphatic carbocycles. The number of hydrogen-bond donors (Lipinski definition) is 1. The Morgan fingerprint density at radius 3 is 2.65 bits per heavy atom. The lowest BCUT2D eigenvalue weighted by Gasteiger charge is -2.34. The van der Waals surface area contributed by atoms with Crippen LogP contribution >= 0.6 is 0 Å². The molecule has 0 radical (unpaired) electrons. The van der Waals surface area contributed by atoms with Gasteiger partial charge in [-0.2, -0.15) is 0 Å². The van der Waals surface area contributed by atoms with Gasteiger partial charge in [-0.05, 0) is 26.0 Å². The standard InChI is InChI=1S/C14H18F2N2O2/c1-9-6-18(7-10(2)20-9)8-14(19)17-13-5-11(15)3-4-12(13)16/h3-5,9-10H,6-8H2,1-2H3,(H,17,19)/t9-,10-/m0/s1. The molecule has 1 aromatic rings. The van der Waals surface area contributed by atoms with Crippen LogP contribution in [0.3, 0.4) is 0 Å². The largest absolute Gasteiger partial charge is 0.373 e. The minimum atomic E-state index is -0.650. The molecule has 1 heterocycles. The molecular weight excluding hydrogens is 266 g/mol. The number of carbonyl (C=O) groups is 1. The van der Waals surface area contributed by atoms with Crippen molar-refractivity contribution in [2.24, 2.45) is 0 Å². The Bertz CT molecular complexity index is 486. The number of benzene rings is 1. The Kier molecular flexibility index (Phi) is 4.67. The van der Waals surface area contributed by atoms with E-state index in [1.165, 1.54) is 0 Å². The van der Waals surface area contributed by atoms with Crippen molar-refractivity contribution in [2.75, 3.05) is 25.0 Å². The molecule has 2 atom stereocenters. The van der Waals surface area contributed by atoms with E-state index in [1.54, 1.807) is 0 Å². The average Bonchev–Trinajstić information content (AvgIpc) is 2.32. The Hall–Kier alpha value is -1.53. The van der Waals surface area contributed by atoms with Gasteiger partial charge in [-0.25, -0.2) is 8.78 Å². The summed E-state index contributed by atoms with van der Waals surface area (Å²) in [5, 5.41) is 2.39. The Morgan fingerprint density at radius 1 is 1.35 bits per heavy atom. The highest BCUT2D eigenvalue weighted by molar-refractivity contribution is 5.92. The van der Waals surface area contributed by atoms with Gasteiger partial charge in [0.1, 0.15) is 11.6 Å². The van der Waals surface area contributed by atoms with Crippen molar-refractivity contribution in [1.29, 1.82) is 0 Å². The summed E-state index contributed by atoms with van der Waals surface area (Å²) in [6, 6.07) is 2.97. The van der Waals surface area contributed by atoms with Crippen LogP contribution in [-0.4, -0.2) is 42.6 Å². The first-order chi connectivity index (χ1) is 9.44. The Balaban J connectivity index is 1.93. The highest BCUT2D eigenvalue weighted by atomic mass is 19.1. The summed E-state index contributed by atoms with van der Waals surface area (Å²) in [6.45, 7) is 5.29. The number of carbonyl (C=O) groups excluding carboxylic acids is 1. The number of ether oxygens (including phenoxy) is 1. The molecule has 0 aromatic heterocycles. The van der Waals surface area contributed by atoms with E-state index in [0.717, 1.165) is 18.2 Å². The van der Waals surface area contributed by atoms with Gasteiger partial charge in [0.05, 0.1) is 24.4 Å². The van der Waals surface area contributed by atoms with Crippen LogP contribution in [0.25, 0.3) is 0 Å². The molecule has 1 aromatic carbocycles. The summed E-state index contributed by atoms with van der Waals surface area (Å²) < 4.78 is 32.0. The minimum Gasteiger partial charge on any atom is -0.373 e. The van der Waals surface area contributed by atoms with Crippen LogP contribution in [0.4, 0.5) is 14.5 Å². The van der Waals surface area contributed by atoms with Crippen LogP contribution in [-0.2, 0) is 9.53 Å². The maximum absolute atomic E-state index is 13.4. The number of amides is 1. The van der Waals surface area contributed by atoms with E-state index in [2.05, 4.69) is 5.32 Å². The second-order valence-electron chi connectivity index (χ2n) is 5.12. The predicted octanol–water partition coefficient (Wildman–Crippen LogP) is 2.01. The van der Waals surface area contributed by atoms with E-state index in [1.807, 2.05) is 18.7 Å². The van der Waals surface area contributed by atoms with E-state index in [0.29, 0.717) is 13.1 Å².